The minimum absolute atomic E-state index is 0.385. The fourth-order valence-corrected chi connectivity index (χ4v) is 3.39. The molecule has 4 heteroatoms. The van der Waals surface area contributed by atoms with Gasteiger partial charge in [-0.25, -0.2) is 0 Å². The van der Waals surface area contributed by atoms with Crippen LogP contribution in [0.4, 0.5) is 5.69 Å². The van der Waals surface area contributed by atoms with Crippen LogP contribution in [0.1, 0.15) is 56.3 Å². The molecule has 116 valence electrons. The molecule has 1 aromatic rings. The second kappa shape index (κ2) is 7.17. The lowest BCUT2D eigenvalue weighted by Crippen LogP contribution is -2.19. The number of hydrogen-bond donors (Lipinski definition) is 2. The number of anilines is 1. The van der Waals surface area contributed by atoms with E-state index in [1.54, 1.807) is 12.1 Å². The molecule has 3 N–H and O–H groups in total. The van der Waals surface area contributed by atoms with Gasteiger partial charge in [0.05, 0.1) is 10.6 Å². The molecule has 2 rings (SSSR count). The number of halogens is 1. The monoisotopic (exact) mass is 308 g/mol. The lowest BCUT2D eigenvalue weighted by Gasteiger charge is -2.20. The van der Waals surface area contributed by atoms with Crippen LogP contribution in [0.2, 0.25) is 5.02 Å². The Bertz CT molecular complexity index is 502. The first kappa shape index (κ1) is 16.2. The molecule has 1 amide bonds. The molecule has 0 saturated heterocycles. The zero-order valence-electron chi connectivity index (χ0n) is 12.9. The average molecular weight is 309 g/mol. The van der Waals surface area contributed by atoms with Gasteiger partial charge < -0.3 is 11.1 Å². The van der Waals surface area contributed by atoms with E-state index in [2.05, 4.69) is 19.2 Å². The third kappa shape index (κ3) is 4.37. The van der Waals surface area contributed by atoms with Crippen LogP contribution in [-0.2, 0) is 0 Å². The Morgan fingerprint density at radius 3 is 2.71 bits per heavy atom. The molecule has 2 atom stereocenters. The van der Waals surface area contributed by atoms with Gasteiger partial charge in [-0.3, -0.25) is 4.79 Å². The van der Waals surface area contributed by atoms with E-state index in [1.165, 1.54) is 32.1 Å². The molecule has 2 unspecified atom stereocenters. The molecule has 0 aliphatic heterocycles. The molecule has 21 heavy (non-hydrogen) atoms. The van der Waals surface area contributed by atoms with Crippen molar-refractivity contribution in [3.05, 3.63) is 28.8 Å². The van der Waals surface area contributed by atoms with Crippen molar-refractivity contribution < 1.29 is 4.79 Å². The highest BCUT2D eigenvalue weighted by Gasteiger charge is 2.21. The smallest absolute Gasteiger partial charge is 0.250 e. The fourth-order valence-electron chi connectivity index (χ4n) is 3.18. The molecule has 0 heterocycles. The zero-order valence-corrected chi connectivity index (χ0v) is 13.6. The molecule has 1 aromatic carbocycles. The Morgan fingerprint density at radius 1 is 1.29 bits per heavy atom. The number of hydrogen-bond acceptors (Lipinski definition) is 2. The van der Waals surface area contributed by atoms with Crippen LogP contribution in [0.5, 0.6) is 0 Å². The van der Waals surface area contributed by atoms with Gasteiger partial charge in [0.2, 0.25) is 5.91 Å². The predicted molar refractivity (Wildman–Crippen MR) is 88.8 cm³/mol. The van der Waals surface area contributed by atoms with Crippen molar-refractivity contribution in [2.75, 3.05) is 5.32 Å². The van der Waals surface area contributed by atoms with Crippen LogP contribution >= 0.6 is 11.6 Å². The summed E-state index contributed by atoms with van der Waals surface area (Å²) in [6.45, 7) is 4.63. The lowest BCUT2D eigenvalue weighted by atomic mass is 9.89. The van der Waals surface area contributed by atoms with E-state index in [-0.39, 0.29) is 0 Å². The maximum atomic E-state index is 11.3. The fraction of sp³-hybridized carbons (Fsp3) is 0.588. The summed E-state index contributed by atoms with van der Waals surface area (Å²) in [5.41, 5.74) is 6.66. The first-order chi connectivity index (χ1) is 9.97. The summed E-state index contributed by atoms with van der Waals surface area (Å²) in [5.74, 6) is 1.12. The van der Waals surface area contributed by atoms with Crippen molar-refractivity contribution in [1.82, 2.24) is 0 Å². The van der Waals surface area contributed by atoms with Gasteiger partial charge >= 0.3 is 0 Å². The van der Waals surface area contributed by atoms with Crippen LogP contribution in [-0.4, -0.2) is 11.9 Å². The van der Waals surface area contributed by atoms with Crippen molar-refractivity contribution in [2.45, 2.75) is 52.0 Å². The molecule has 0 spiro atoms. The van der Waals surface area contributed by atoms with Gasteiger partial charge in [-0.05, 0) is 49.3 Å². The van der Waals surface area contributed by atoms with Crippen molar-refractivity contribution in [2.24, 2.45) is 17.6 Å². The highest BCUT2D eigenvalue weighted by molar-refractivity contribution is 6.33. The number of rotatable bonds is 4. The Morgan fingerprint density at radius 2 is 2.05 bits per heavy atom. The van der Waals surface area contributed by atoms with E-state index in [4.69, 9.17) is 17.3 Å². The summed E-state index contributed by atoms with van der Waals surface area (Å²) in [7, 11) is 0. The van der Waals surface area contributed by atoms with Crippen molar-refractivity contribution >= 4 is 23.2 Å². The molecule has 0 aromatic heterocycles. The van der Waals surface area contributed by atoms with E-state index in [0.717, 1.165) is 17.5 Å². The molecule has 1 aliphatic rings. The van der Waals surface area contributed by atoms with Crippen LogP contribution in [0.3, 0.4) is 0 Å². The van der Waals surface area contributed by atoms with E-state index in [0.29, 0.717) is 16.6 Å². The normalized spacial score (nSPS) is 22.9. The van der Waals surface area contributed by atoms with E-state index < -0.39 is 5.91 Å². The third-order valence-corrected chi connectivity index (χ3v) is 4.89. The molecule has 1 aliphatic carbocycles. The topological polar surface area (TPSA) is 55.1 Å². The van der Waals surface area contributed by atoms with Gasteiger partial charge in [0, 0.05) is 11.7 Å². The van der Waals surface area contributed by atoms with Crippen molar-refractivity contribution in [1.29, 1.82) is 0 Å². The quantitative estimate of drug-likeness (QED) is 0.807. The molecule has 1 fully saturated rings. The summed E-state index contributed by atoms with van der Waals surface area (Å²) >= 11 is 5.99. The predicted octanol–water partition coefficient (Wildman–Crippen LogP) is 4.46. The molecule has 0 bridgehead atoms. The Labute approximate surface area is 132 Å². The Hall–Kier alpha value is -1.22. The third-order valence-electron chi connectivity index (χ3n) is 4.56. The number of nitrogens with two attached hydrogens (primary N) is 1. The second-order valence-electron chi connectivity index (χ2n) is 6.41. The standard InChI is InChI=1S/C17H25ClN2O/c1-11(2)12-4-3-5-13(7-6-12)20-14-8-9-16(18)15(10-14)17(19)21/h8-13,20H,3-7H2,1-2H3,(H2,19,21). The molecule has 1 saturated carbocycles. The minimum atomic E-state index is -0.482. The highest BCUT2D eigenvalue weighted by Crippen LogP contribution is 2.30. The first-order valence-electron chi connectivity index (χ1n) is 7.83. The van der Waals surface area contributed by atoms with Crippen molar-refractivity contribution in [3.63, 3.8) is 0 Å². The van der Waals surface area contributed by atoms with Crippen LogP contribution in [0.15, 0.2) is 18.2 Å². The number of primary amides is 1. The maximum Gasteiger partial charge on any atom is 0.250 e. The van der Waals surface area contributed by atoms with Crippen LogP contribution in [0, 0.1) is 11.8 Å². The lowest BCUT2D eigenvalue weighted by molar-refractivity contribution is 0.100. The Kier molecular flexibility index (Phi) is 5.51. The SMILES string of the molecule is CC(C)C1CCCC(Nc2ccc(Cl)c(C(N)=O)c2)CC1. The zero-order chi connectivity index (χ0) is 15.4. The van der Waals surface area contributed by atoms with Gasteiger partial charge in [0.15, 0.2) is 0 Å². The van der Waals surface area contributed by atoms with E-state index in [1.807, 2.05) is 6.07 Å². The van der Waals surface area contributed by atoms with E-state index >= 15 is 0 Å². The summed E-state index contributed by atoms with van der Waals surface area (Å²) in [5, 5.41) is 3.95. The number of carbonyl (C=O) groups excluding carboxylic acids is 1. The number of nitrogens with one attached hydrogen (secondary N) is 1. The second-order valence-corrected chi connectivity index (χ2v) is 6.82. The minimum Gasteiger partial charge on any atom is -0.382 e. The summed E-state index contributed by atoms with van der Waals surface area (Å²) in [6, 6.07) is 5.88. The summed E-state index contributed by atoms with van der Waals surface area (Å²) in [4.78, 5) is 11.3. The molecular weight excluding hydrogens is 284 g/mol. The summed E-state index contributed by atoms with van der Waals surface area (Å²) < 4.78 is 0. The highest BCUT2D eigenvalue weighted by atomic mass is 35.5. The first-order valence-corrected chi connectivity index (χ1v) is 8.21. The van der Waals surface area contributed by atoms with Crippen LogP contribution < -0.4 is 11.1 Å². The average Bonchev–Trinajstić information content (AvgIpc) is 2.66. The molecule has 0 radical (unpaired) electrons. The maximum absolute atomic E-state index is 11.3. The van der Waals surface area contributed by atoms with Gasteiger partial charge in [-0.2, -0.15) is 0 Å². The Balaban J connectivity index is 2.01. The number of amides is 1. The van der Waals surface area contributed by atoms with Crippen molar-refractivity contribution in [3.8, 4) is 0 Å². The number of carbonyl (C=O) groups is 1. The molecule has 3 nitrogen and oxygen atoms in total. The van der Waals surface area contributed by atoms with E-state index in [9.17, 15) is 4.79 Å². The van der Waals surface area contributed by atoms with Crippen LogP contribution in [0.25, 0.3) is 0 Å². The number of benzene rings is 1. The van der Waals surface area contributed by atoms with Gasteiger partial charge in [-0.15, -0.1) is 0 Å². The molecular formula is C17H25ClN2O. The van der Waals surface area contributed by atoms with Gasteiger partial charge in [0.1, 0.15) is 0 Å². The van der Waals surface area contributed by atoms with Gasteiger partial charge in [-0.1, -0.05) is 38.3 Å². The van der Waals surface area contributed by atoms with Gasteiger partial charge in [0.25, 0.3) is 0 Å². The largest absolute Gasteiger partial charge is 0.382 e. The summed E-state index contributed by atoms with van der Waals surface area (Å²) in [6.07, 6.45) is 6.21.